The number of aromatic nitrogens is 1. The summed E-state index contributed by atoms with van der Waals surface area (Å²) >= 11 is 1.52. The molecule has 2 heterocycles. The van der Waals surface area contributed by atoms with Crippen molar-refractivity contribution in [1.82, 2.24) is 9.88 Å². The molecule has 1 aliphatic heterocycles. The second-order valence-electron chi connectivity index (χ2n) is 6.67. The smallest absolute Gasteiger partial charge is 0.229 e. The molecule has 0 radical (unpaired) electrons. The molecule has 1 aliphatic carbocycles. The molecule has 0 aromatic carbocycles. The van der Waals surface area contributed by atoms with E-state index in [1.165, 1.54) is 11.3 Å². The summed E-state index contributed by atoms with van der Waals surface area (Å²) in [5, 5.41) is 3.64. The maximum Gasteiger partial charge on any atom is 0.229 e. The molecular weight excluding hydrogens is 298 g/mol. The van der Waals surface area contributed by atoms with Gasteiger partial charge < -0.3 is 10.2 Å². The molecule has 0 spiro atoms. The van der Waals surface area contributed by atoms with Crippen LogP contribution in [0.25, 0.3) is 0 Å². The Morgan fingerprint density at radius 2 is 2.18 bits per heavy atom. The lowest BCUT2D eigenvalue weighted by molar-refractivity contribution is -0.132. The molecule has 6 heteroatoms. The van der Waals surface area contributed by atoms with Gasteiger partial charge in [0.05, 0.1) is 12.2 Å². The Morgan fingerprint density at radius 3 is 2.82 bits per heavy atom. The molecule has 120 valence electrons. The van der Waals surface area contributed by atoms with E-state index in [4.69, 9.17) is 0 Å². The van der Waals surface area contributed by atoms with Gasteiger partial charge in [-0.1, -0.05) is 31.6 Å². The maximum atomic E-state index is 12.2. The Labute approximate surface area is 135 Å². The van der Waals surface area contributed by atoms with Gasteiger partial charge in [0.1, 0.15) is 0 Å². The SMILES string of the molecule is CC(C)CC(=O)N1CCc2nc(NC(=O)C3CCC3)sc2C1. The number of fused-ring (bicyclic) bond motifs is 1. The Balaban J connectivity index is 1.62. The first-order chi connectivity index (χ1) is 10.5. The highest BCUT2D eigenvalue weighted by atomic mass is 32.1. The van der Waals surface area contributed by atoms with Gasteiger partial charge in [-0.2, -0.15) is 0 Å². The van der Waals surface area contributed by atoms with Crippen molar-refractivity contribution in [3.05, 3.63) is 10.6 Å². The normalized spacial score (nSPS) is 18.0. The summed E-state index contributed by atoms with van der Waals surface area (Å²) in [6.45, 7) is 5.50. The van der Waals surface area contributed by atoms with Crippen LogP contribution in [0, 0.1) is 11.8 Å². The fourth-order valence-electron chi connectivity index (χ4n) is 2.82. The number of hydrogen-bond acceptors (Lipinski definition) is 4. The largest absolute Gasteiger partial charge is 0.337 e. The monoisotopic (exact) mass is 321 g/mol. The van der Waals surface area contributed by atoms with Crippen molar-refractivity contribution in [1.29, 1.82) is 0 Å². The van der Waals surface area contributed by atoms with Gasteiger partial charge in [-0.3, -0.25) is 9.59 Å². The quantitative estimate of drug-likeness (QED) is 0.927. The Hall–Kier alpha value is -1.43. The number of rotatable bonds is 4. The van der Waals surface area contributed by atoms with Gasteiger partial charge in [0.2, 0.25) is 11.8 Å². The molecule has 1 fully saturated rings. The predicted octanol–water partition coefficient (Wildman–Crippen LogP) is 2.81. The first kappa shape index (κ1) is 15.5. The lowest BCUT2D eigenvalue weighted by Crippen LogP contribution is -2.36. The van der Waals surface area contributed by atoms with Crippen molar-refractivity contribution in [3.63, 3.8) is 0 Å². The van der Waals surface area contributed by atoms with E-state index in [1.54, 1.807) is 0 Å². The molecule has 0 bridgehead atoms. The number of hydrogen-bond donors (Lipinski definition) is 1. The minimum Gasteiger partial charge on any atom is -0.337 e. The molecule has 0 unspecified atom stereocenters. The molecule has 5 nitrogen and oxygen atoms in total. The molecule has 1 N–H and O–H groups in total. The van der Waals surface area contributed by atoms with E-state index >= 15 is 0 Å². The number of amides is 2. The third-order valence-electron chi connectivity index (χ3n) is 4.37. The summed E-state index contributed by atoms with van der Waals surface area (Å²) in [6, 6.07) is 0. The van der Waals surface area contributed by atoms with Gasteiger partial charge in [0.15, 0.2) is 5.13 Å². The second-order valence-corrected chi connectivity index (χ2v) is 7.75. The Morgan fingerprint density at radius 1 is 1.41 bits per heavy atom. The summed E-state index contributed by atoms with van der Waals surface area (Å²) in [5.41, 5.74) is 1.04. The summed E-state index contributed by atoms with van der Waals surface area (Å²) in [6.07, 6.45) is 4.52. The predicted molar refractivity (Wildman–Crippen MR) is 86.7 cm³/mol. The van der Waals surface area contributed by atoms with Crippen LogP contribution in [0.2, 0.25) is 0 Å². The molecule has 1 aromatic rings. The second kappa shape index (κ2) is 6.36. The van der Waals surface area contributed by atoms with Crippen molar-refractivity contribution in [3.8, 4) is 0 Å². The van der Waals surface area contributed by atoms with Crippen LogP contribution in [-0.2, 0) is 22.6 Å². The van der Waals surface area contributed by atoms with Crippen molar-refractivity contribution in [2.45, 2.75) is 52.5 Å². The van der Waals surface area contributed by atoms with Crippen LogP contribution < -0.4 is 5.32 Å². The zero-order valence-electron chi connectivity index (χ0n) is 13.2. The van der Waals surface area contributed by atoms with Crippen molar-refractivity contribution < 1.29 is 9.59 Å². The fraction of sp³-hybridized carbons (Fsp3) is 0.688. The molecule has 0 saturated heterocycles. The van der Waals surface area contributed by atoms with Crippen LogP contribution in [0.5, 0.6) is 0 Å². The highest BCUT2D eigenvalue weighted by Gasteiger charge is 2.28. The van der Waals surface area contributed by atoms with Gasteiger partial charge in [-0.05, 0) is 18.8 Å². The van der Waals surface area contributed by atoms with Crippen LogP contribution in [-0.4, -0.2) is 28.2 Å². The van der Waals surface area contributed by atoms with E-state index in [-0.39, 0.29) is 17.7 Å². The van der Waals surface area contributed by atoms with Gasteiger partial charge in [0, 0.05) is 30.2 Å². The van der Waals surface area contributed by atoms with Crippen molar-refractivity contribution >= 4 is 28.3 Å². The highest BCUT2D eigenvalue weighted by Crippen LogP contribution is 2.31. The first-order valence-corrected chi connectivity index (χ1v) is 8.92. The summed E-state index contributed by atoms with van der Waals surface area (Å²) in [5.74, 6) is 0.872. The van der Waals surface area contributed by atoms with Gasteiger partial charge in [0.25, 0.3) is 0 Å². The molecule has 2 aliphatic rings. The average molecular weight is 321 g/mol. The minimum absolute atomic E-state index is 0.102. The number of thiazole rings is 1. The fourth-order valence-corrected chi connectivity index (χ4v) is 3.84. The van der Waals surface area contributed by atoms with Crippen LogP contribution in [0.1, 0.15) is 50.1 Å². The van der Waals surface area contributed by atoms with Crippen molar-refractivity contribution in [2.75, 3.05) is 11.9 Å². The standard InChI is InChI=1S/C16H23N3O2S/c1-10(2)8-14(20)19-7-6-12-13(9-19)22-16(17-12)18-15(21)11-4-3-5-11/h10-11H,3-9H2,1-2H3,(H,17,18,21). The lowest BCUT2D eigenvalue weighted by atomic mass is 9.85. The molecule has 22 heavy (non-hydrogen) atoms. The molecule has 0 atom stereocenters. The van der Waals surface area contributed by atoms with Gasteiger partial charge in [-0.25, -0.2) is 4.98 Å². The summed E-state index contributed by atoms with van der Waals surface area (Å²) in [4.78, 5) is 31.7. The number of nitrogens with one attached hydrogen (secondary N) is 1. The van der Waals surface area contributed by atoms with E-state index in [0.717, 1.165) is 42.8 Å². The zero-order chi connectivity index (χ0) is 15.7. The van der Waals surface area contributed by atoms with E-state index in [2.05, 4.69) is 24.1 Å². The van der Waals surface area contributed by atoms with Crippen LogP contribution in [0.3, 0.4) is 0 Å². The summed E-state index contributed by atoms with van der Waals surface area (Å²) < 4.78 is 0. The Kier molecular flexibility index (Phi) is 4.47. The molecule has 1 aromatic heterocycles. The third kappa shape index (κ3) is 3.32. The topological polar surface area (TPSA) is 62.3 Å². The number of carbonyl (C=O) groups excluding carboxylic acids is 2. The van der Waals surface area contributed by atoms with Crippen LogP contribution in [0.15, 0.2) is 0 Å². The van der Waals surface area contributed by atoms with E-state index in [9.17, 15) is 9.59 Å². The van der Waals surface area contributed by atoms with Crippen LogP contribution >= 0.6 is 11.3 Å². The minimum atomic E-state index is 0.102. The number of anilines is 1. The Bertz CT molecular complexity index is 578. The van der Waals surface area contributed by atoms with E-state index in [0.29, 0.717) is 24.0 Å². The van der Waals surface area contributed by atoms with Crippen LogP contribution in [0.4, 0.5) is 5.13 Å². The van der Waals surface area contributed by atoms with Gasteiger partial charge in [-0.15, -0.1) is 0 Å². The van der Waals surface area contributed by atoms with Crippen molar-refractivity contribution in [2.24, 2.45) is 11.8 Å². The van der Waals surface area contributed by atoms with E-state index < -0.39 is 0 Å². The van der Waals surface area contributed by atoms with Gasteiger partial charge >= 0.3 is 0 Å². The molecular formula is C16H23N3O2S. The number of nitrogens with zero attached hydrogens (tertiary/aromatic N) is 2. The first-order valence-electron chi connectivity index (χ1n) is 8.10. The molecule has 3 rings (SSSR count). The highest BCUT2D eigenvalue weighted by molar-refractivity contribution is 7.15. The third-order valence-corrected chi connectivity index (χ3v) is 5.37. The average Bonchev–Trinajstić information content (AvgIpc) is 2.76. The van der Waals surface area contributed by atoms with E-state index in [1.807, 2.05) is 4.90 Å². The molecule has 2 amide bonds. The lowest BCUT2D eigenvalue weighted by Gasteiger charge is -2.26. The molecule has 1 saturated carbocycles. The maximum absolute atomic E-state index is 12.2. The summed E-state index contributed by atoms with van der Waals surface area (Å²) in [7, 11) is 0. The number of carbonyl (C=O) groups is 2. The zero-order valence-corrected chi connectivity index (χ0v) is 14.0.